The highest BCUT2D eigenvalue weighted by Gasteiger charge is 2.35. The minimum Gasteiger partial charge on any atom is -0.370 e. The maximum atomic E-state index is 4.36. The zero-order valence-corrected chi connectivity index (χ0v) is 13.4. The van der Waals surface area contributed by atoms with Crippen molar-refractivity contribution >= 4 is 5.69 Å². The Kier molecular flexibility index (Phi) is 4.79. The van der Waals surface area contributed by atoms with Crippen LogP contribution < -0.4 is 10.2 Å². The topological polar surface area (TPSA) is 28.2 Å². The molecule has 0 aromatic carbocycles. The van der Waals surface area contributed by atoms with Crippen LogP contribution in [-0.2, 0) is 6.54 Å². The van der Waals surface area contributed by atoms with Crippen molar-refractivity contribution < 1.29 is 0 Å². The van der Waals surface area contributed by atoms with Crippen molar-refractivity contribution in [3.63, 3.8) is 0 Å². The molecule has 2 aliphatic rings. The summed E-state index contributed by atoms with van der Waals surface area (Å²) in [5.41, 5.74) is 3.43. The second-order valence-corrected chi connectivity index (χ2v) is 6.83. The number of pyridine rings is 1. The monoisotopic (exact) mass is 287 g/mol. The number of hydrogen-bond acceptors (Lipinski definition) is 3. The smallest absolute Gasteiger partial charge is 0.0598 e. The molecule has 0 unspecified atom stereocenters. The van der Waals surface area contributed by atoms with E-state index in [4.69, 9.17) is 0 Å². The minimum atomic E-state index is 0.679. The Morgan fingerprint density at radius 3 is 2.62 bits per heavy atom. The molecule has 2 fully saturated rings. The van der Waals surface area contributed by atoms with Gasteiger partial charge in [0.1, 0.15) is 0 Å². The van der Waals surface area contributed by atoms with Gasteiger partial charge in [-0.05, 0) is 49.3 Å². The second-order valence-electron chi connectivity index (χ2n) is 6.83. The highest BCUT2D eigenvalue weighted by molar-refractivity contribution is 5.52. The van der Waals surface area contributed by atoms with Crippen molar-refractivity contribution in [3.05, 3.63) is 24.0 Å². The van der Waals surface area contributed by atoms with Crippen molar-refractivity contribution in [2.45, 2.75) is 58.4 Å². The minimum absolute atomic E-state index is 0.679. The molecule has 3 heteroatoms. The van der Waals surface area contributed by atoms with Gasteiger partial charge in [0.05, 0.1) is 11.9 Å². The zero-order valence-electron chi connectivity index (χ0n) is 13.4. The summed E-state index contributed by atoms with van der Waals surface area (Å²) in [6.45, 7) is 6.56. The van der Waals surface area contributed by atoms with Gasteiger partial charge >= 0.3 is 0 Å². The van der Waals surface area contributed by atoms with Crippen molar-refractivity contribution in [1.29, 1.82) is 0 Å². The number of rotatable bonds is 4. The Morgan fingerprint density at radius 2 is 1.90 bits per heavy atom. The molecule has 1 aliphatic carbocycles. The molecule has 3 rings (SSSR count). The van der Waals surface area contributed by atoms with Crippen molar-refractivity contribution in [2.24, 2.45) is 5.41 Å². The first kappa shape index (κ1) is 14.8. The van der Waals surface area contributed by atoms with Gasteiger partial charge in [-0.3, -0.25) is 4.98 Å². The van der Waals surface area contributed by atoms with Gasteiger partial charge in [-0.15, -0.1) is 0 Å². The van der Waals surface area contributed by atoms with E-state index >= 15 is 0 Å². The van der Waals surface area contributed by atoms with Gasteiger partial charge in [-0.2, -0.15) is 0 Å². The summed E-state index contributed by atoms with van der Waals surface area (Å²) < 4.78 is 0. The molecule has 2 heterocycles. The maximum absolute atomic E-state index is 4.36. The lowest BCUT2D eigenvalue weighted by Crippen LogP contribution is -2.41. The van der Waals surface area contributed by atoms with Crippen LogP contribution in [0.1, 0.15) is 57.4 Å². The number of nitrogens with one attached hydrogen (secondary N) is 1. The lowest BCUT2D eigenvalue weighted by molar-refractivity contribution is 0.144. The Balaban J connectivity index is 1.66. The molecule has 21 heavy (non-hydrogen) atoms. The van der Waals surface area contributed by atoms with Crippen LogP contribution in [0.5, 0.6) is 0 Å². The summed E-state index contributed by atoms with van der Waals surface area (Å²) in [5.74, 6) is 0. The molecule has 116 valence electrons. The SMILES string of the molecule is CCNCc1ccncc1N1CCC2(CCCCC2)CC1. The van der Waals surface area contributed by atoms with Gasteiger partial charge < -0.3 is 10.2 Å². The molecule has 1 aromatic heterocycles. The standard InChI is InChI=1S/C18H29N3/c1-2-19-14-16-6-11-20-15-17(16)21-12-9-18(10-13-21)7-4-3-5-8-18/h6,11,15,19H,2-5,7-10,12-14H2,1H3. The highest BCUT2D eigenvalue weighted by atomic mass is 15.1. The fourth-order valence-electron chi connectivity index (χ4n) is 4.13. The Hall–Kier alpha value is -1.09. The van der Waals surface area contributed by atoms with E-state index < -0.39 is 0 Å². The summed E-state index contributed by atoms with van der Waals surface area (Å²) in [6, 6.07) is 2.17. The third kappa shape index (κ3) is 3.39. The average molecular weight is 287 g/mol. The van der Waals surface area contributed by atoms with Crippen molar-refractivity contribution in [3.8, 4) is 0 Å². The Labute approximate surface area is 129 Å². The molecule has 1 N–H and O–H groups in total. The Morgan fingerprint density at radius 1 is 1.14 bits per heavy atom. The van der Waals surface area contributed by atoms with E-state index in [0.717, 1.165) is 13.1 Å². The third-order valence-electron chi connectivity index (χ3n) is 5.53. The second kappa shape index (κ2) is 6.78. The first-order valence-corrected chi connectivity index (χ1v) is 8.72. The summed E-state index contributed by atoms with van der Waals surface area (Å²) >= 11 is 0. The molecule has 0 radical (unpaired) electrons. The predicted octanol–water partition coefficient (Wildman–Crippen LogP) is 3.74. The van der Waals surface area contributed by atoms with Gasteiger partial charge in [-0.25, -0.2) is 0 Å². The van der Waals surface area contributed by atoms with Crippen LogP contribution in [0.2, 0.25) is 0 Å². The maximum Gasteiger partial charge on any atom is 0.0598 e. The Bertz CT molecular complexity index is 442. The third-order valence-corrected chi connectivity index (χ3v) is 5.53. The lowest BCUT2D eigenvalue weighted by atomic mass is 9.68. The molecule has 1 saturated heterocycles. The molecule has 1 aliphatic heterocycles. The molecular formula is C18H29N3. The predicted molar refractivity (Wildman–Crippen MR) is 88.6 cm³/mol. The van der Waals surface area contributed by atoms with Crippen LogP contribution >= 0.6 is 0 Å². The van der Waals surface area contributed by atoms with E-state index in [1.54, 1.807) is 0 Å². The van der Waals surface area contributed by atoms with E-state index in [1.165, 1.54) is 69.3 Å². The quantitative estimate of drug-likeness (QED) is 0.914. The molecule has 1 saturated carbocycles. The van der Waals surface area contributed by atoms with E-state index in [1.807, 2.05) is 6.20 Å². The summed E-state index contributed by atoms with van der Waals surface area (Å²) in [4.78, 5) is 6.93. The van der Waals surface area contributed by atoms with Crippen LogP contribution in [-0.4, -0.2) is 24.6 Å². The number of piperidine rings is 1. The fraction of sp³-hybridized carbons (Fsp3) is 0.722. The van der Waals surface area contributed by atoms with Crippen LogP contribution in [0.4, 0.5) is 5.69 Å². The molecule has 0 atom stereocenters. The van der Waals surface area contributed by atoms with E-state index in [0.29, 0.717) is 5.41 Å². The van der Waals surface area contributed by atoms with E-state index in [9.17, 15) is 0 Å². The number of aromatic nitrogens is 1. The van der Waals surface area contributed by atoms with Crippen LogP contribution in [0.15, 0.2) is 18.5 Å². The average Bonchev–Trinajstić information content (AvgIpc) is 2.55. The zero-order chi connectivity index (χ0) is 14.5. The highest BCUT2D eigenvalue weighted by Crippen LogP contribution is 2.45. The van der Waals surface area contributed by atoms with Gasteiger partial charge in [-0.1, -0.05) is 26.2 Å². The lowest BCUT2D eigenvalue weighted by Gasteiger charge is -2.45. The molecule has 0 bridgehead atoms. The first-order valence-electron chi connectivity index (χ1n) is 8.72. The van der Waals surface area contributed by atoms with Crippen molar-refractivity contribution in [1.82, 2.24) is 10.3 Å². The summed E-state index contributed by atoms with van der Waals surface area (Å²) in [6.07, 6.45) is 14.0. The molecule has 1 aromatic rings. The number of hydrogen-bond donors (Lipinski definition) is 1. The van der Waals surface area contributed by atoms with Crippen molar-refractivity contribution in [2.75, 3.05) is 24.5 Å². The van der Waals surface area contributed by atoms with Gasteiger partial charge in [0.2, 0.25) is 0 Å². The first-order chi connectivity index (χ1) is 10.3. The van der Waals surface area contributed by atoms with Crippen LogP contribution in [0.25, 0.3) is 0 Å². The molecular weight excluding hydrogens is 258 g/mol. The van der Waals surface area contributed by atoms with E-state index in [2.05, 4.69) is 34.4 Å². The summed E-state index contributed by atoms with van der Waals surface area (Å²) in [5, 5.41) is 3.45. The molecule has 1 spiro atoms. The van der Waals surface area contributed by atoms with Gasteiger partial charge in [0, 0.05) is 25.8 Å². The summed E-state index contributed by atoms with van der Waals surface area (Å²) in [7, 11) is 0. The molecule has 0 amide bonds. The largest absolute Gasteiger partial charge is 0.370 e. The van der Waals surface area contributed by atoms with E-state index in [-0.39, 0.29) is 0 Å². The number of anilines is 1. The normalized spacial score (nSPS) is 21.7. The fourth-order valence-corrected chi connectivity index (χ4v) is 4.13. The van der Waals surface area contributed by atoms with Gasteiger partial charge in [0.25, 0.3) is 0 Å². The molecule has 3 nitrogen and oxygen atoms in total. The number of nitrogens with zero attached hydrogens (tertiary/aromatic N) is 2. The van der Waals surface area contributed by atoms with Gasteiger partial charge in [0.15, 0.2) is 0 Å². The van der Waals surface area contributed by atoms with Crippen LogP contribution in [0, 0.1) is 5.41 Å². The van der Waals surface area contributed by atoms with Crippen LogP contribution in [0.3, 0.4) is 0 Å².